The second kappa shape index (κ2) is 6.36. The summed E-state index contributed by atoms with van der Waals surface area (Å²) in [6, 6.07) is 9.81. The van der Waals surface area contributed by atoms with E-state index in [4.69, 9.17) is 0 Å². The molecule has 0 radical (unpaired) electrons. The summed E-state index contributed by atoms with van der Waals surface area (Å²) < 4.78 is 1.39. The van der Waals surface area contributed by atoms with Crippen molar-refractivity contribution in [2.75, 3.05) is 5.32 Å². The van der Waals surface area contributed by atoms with Crippen LogP contribution >= 0.6 is 11.3 Å². The van der Waals surface area contributed by atoms with E-state index in [9.17, 15) is 4.79 Å². The molecule has 0 unspecified atom stereocenters. The number of aryl methyl sites for hydroxylation is 1. The van der Waals surface area contributed by atoms with E-state index in [0.717, 1.165) is 22.8 Å². The second-order valence-corrected chi connectivity index (χ2v) is 7.82. The third-order valence-corrected chi connectivity index (χ3v) is 4.89. The molecule has 0 amide bonds. The van der Waals surface area contributed by atoms with Crippen LogP contribution in [0.15, 0.2) is 35.1 Å². The largest absolute Gasteiger partial charge is 0.379 e. The van der Waals surface area contributed by atoms with E-state index >= 15 is 0 Å². The van der Waals surface area contributed by atoms with E-state index < -0.39 is 0 Å². The van der Waals surface area contributed by atoms with Gasteiger partial charge in [-0.1, -0.05) is 57.2 Å². The molecule has 0 atom stereocenters. The van der Waals surface area contributed by atoms with Gasteiger partial charge >= 0.3 is 0 Å². The van der Waals surface area contributed by atoms with E-state index in [2.05, 4.69) is 48.3 Å². The molecule has 24 heavy (non-hydrogen) atoms. The normalized spacial score (nSPS) is 11.8. The Balaban J connectivity index is 1.88. The molecule has 0 bridgehead atoms. The van der Waals surface area contributed by atoms with Gasteiger partial charge in [0, 0.05) is 11.8 Å². The summed E-state index contributed by atoms with van der Waals surface area (Å²) in [7, 11) is 0. The Morgan fingerprint density at radius 3 is 2.71 bits per heavy atom. The standard InChI is InChI=1S/C18H22N4OS/c1-5-15-21-22-16(23)10-12(20-17(22)24-15)11-19-14-9-7-6-8-13(14)18(2,3)4/h6-10,19H,5,11H2,1-4H3. The molecule has 2 aromatic heterocycles. The van der Waals surface area contributed by atoms with Crippen LogP contribution in [0, 0.1) is 0 Å². The van der Waals surface area contributed by atoms with Gasteiger partial charge in [-0.05, 0) is 23.5 Å². The van der Waals surface area contributed by atoms with Gasteiger partial charge in [-0.2, -0.15) is 9.61 Å². The average Bonchev–Trinajstić information content (AvgIpc) is 2.96. The minimum atomic E-state index is -0.128. The van der Waals surface area contributed by atoms with Gasteiger partial charge in [-0.3, -0.25) is 4.79 Å². The van der Waals surface area contributed by atoms with E-state index in [1.807, 2.05) is 19.1 Å². The molecule has 1 aromatic carbocycles. The van der Waals surface area contributed by atoms with Crippen molar-refractivity contribution in [3.8, 4) is 0 Å². The van der Waals surface area contributed by atoms with Crippen molar-refractivity contribution in [1.82, 2.24) is 14.6 Å². The minimum absolute atomic E-state index is 0.0498. The van der Waals surface area contributed by atoms with Crippen molar-refractivity contribution in [3.05, 3.63) is 57.0 Å². The molecule has 0 aliphatic carbocycles. The van der Waals surface area contributed by atoms with Crippen LogP contribution in [-0.2, 0) is 18.4 Å². The van der Waals surface area contributed by atoms with E-state index in [1.54, 1.807) is 6.07 Å². The quantitative estimate of drug-likeness (QED) is 0.787. The Morgan fingerprint density at radius 2 is 2.00 bits per heavy atom. The van der Waals surface area contributed by atoms with Crippen molar-refractivity contribution >= 4 is 22.0 Å². The van der Waals surface area contributed by atoms with Crippen LogP contribution in [0.1, 0.15) is 44.0 Å². The highest BCUT2D eigenvalue weighted by atomic mass is 32.1. The Labute approximate surface area is 145 Å². The number of fused-ring (bicyclic) bond motifs is 1. The number of nitrogens with one attached hydrogen (secondary N) is 1. The maximum absolute atomic E-state index is 12.2. The molecule has 0 saturated heterocycles. The average molecular weight is 342 g/mol. The number of anilines is 1. The number of rotatable bonds is 4. The molecular formula is C18H22N4OS. The van der Waals surface area contributed by atoms with Gasteiger partial charge < -0.3 is 5.32 Å². The smallest absolute Gasteiger partial charge is 0.275 e. The molecule has 0 fully saturated rings. The third kappa shape index (κ3) is 3.33. The highest BCUT2D eigenvalue weighted by Gasteiger charge is 2.17. The molecule has 5 nitrogen and oxygen atoms in total. The number of nitrogens with zero attached hydrogens (tertiary/aromatic N) is 3. The molecule has 126 valence electrons. The van der Waals surface area contributed by atoms with Gasteiger partial charge in [-0.15, -0.1) is 0 Å². The van der Waals surface area contributed by atoms with Crippen LogP contribution in [0.5, 0.6) is 0 Å². The lowest BCUT2D eigenvalue weighted by Crippen LogP contribution is -2.18. The zero-order chi connectivity index (χ0) is 17.3. The highest BCUT2D eigenvalue weighted by molar-refractivity contribution is 7.16. The molecule has 3 rings (SSSR count). The van der Waals surface area contributed by atoms with Crippen LogP contribution < -0.4 is 10.9 Å². The fourth-order valence-electron chi connectivity index (χ4n) is 2.61. The minimum Gasteiger partial charge on any atom is -0.379 e. The first-order valence-corrected chi connectivity index (χ1v) is 8.92. The molecule has 1 N–H and O–H groups in total. The monoisotopic (exact) mass is 342 g/mol. The van der Waals surface area contributed by atoms with Gasteiger partial charge in [0.05, 0.1) is 12.2 Å². The Morgan fingerprint density at radius 1 is 1.25 bits per heavy atom. The van der Waals surface area contributed by atoms with Crippen molar-refractivity contribution in [1.29, 1.82) is 0 Å². The number of hydrogen-bond donors (Lipinski definition) is 1. The zero-order valence-corrected chi connectivity index (χ0v) is 15.3. The summed E-state index contributed by atoms with van der Waals surface area (Å²) in [5.74, 6) is 0. The van der Waals surface area contributed by atoms with Crippen molar-refractivity contribution < 1.29 is 0 Å². The van der Waals surface area contributed by atoms with Crippen molar-refractivity contribution in [2.24, 2.45) is 0 Å². The molecule has 0 spiro atoms. The van der Waals surface area contributed by atoms with Gasteiger partial charge in [0.2, 0.25) is 4.96 Å². The highest BCUT2D eigenvalue weighted by Crippen LogP contribution is 2.29. The molecular weight excluding hydrogens is 320 g/mol. The zero-order valence-electron chi connectivity index (χ0n) is 14.5. The predicted molar refractivity (Wildman–Crippen MR) is 99.0 cm³/mol. The van der Waals surface area contributed by atoms with Crippen LogP contribution in [-0.4, -0.2) is 14.6 Å². The number of para-hydroxylation sites is 1. The van der Waals surface area contributed by atoms with Crippen molar-refractivity contribution in [2.45, 2.75) is 46.1 Å². The van der Waals surface area contributed by atoms with Crippen LogP contribution in [0.2, 0.25) is 0 Å². The van der Waals surface area contributed by atoms with Crippen LogP contribution in [0.4, 0.5) is 5.69 Å². The van der Waals surface area contributed by atoms with E-state index in [1.165, 1.54) is 21.4 Å². The van der Waals surface area contributed by atoms with Gasteiger partial charge in [-0.25, -0.2) is 4.98 Å². The molecule has 2 heterocycles. The maximum atomic E-state index is 12.2. The lowest BCUT2D eigenvalue weighted by atomic mass is 9.86. The van der Waals surface area contributed by atoms with Gasteiger partial charge in [0.15, 0.2) is 0 Å². The summed E-state index contributed by atoms with van der Waals surface area (Å²) in [6.45, 7) is 9.10. The lowest BCUT2D eigenvalue weighted by molar-refractivity contribution is 0.591. The molecule has 0 aliphatic rings. The summed E-state index contributed by atoms with van der Waals surface area (Å²) in [4.78, 5) is 17.4. The van der Waals surface area contributed by atoms with Crippen molar-refractivity contribution in [3.63, 3.8) is 0 Å². The summed E-state index contributed by atoms with van der Waals surface area (Å²) in [5.41, 5.74) is 2.97. The first-order chi connectivity index (χ1) is 11.4. The molecule has 0 saturated carbocycles. The maximum Gasteiger partial charge on any atom is 0.275 e. The topological polar surface area (TPSA) is 59.3 Å². The number of hydrogen-bond acceptors (Lipinski definition) is 5. The van der Waals surface area contributed by atoms with E-state index in [0.29, 0.717) is 11.5 Å². The Hall–Kier alpha value is -2.21. The SMILES string of the molecule is CCc1nn2c(=O)cc(CNc3ccccc3C(C)(C)C)nc2s1. The lowest BCUT2D eigenvalue weighted by Gasteiger charge is -2.23. The number of benzene rings is 1. The molecule has 0 aliphatic heterocycles. The predicted octanol–water partition coefficient (Wildman–Crippen LogP) is 3.62. The van der Waals surface area contributed by atoms with Crippen LogP contribution in [0.3, 0.4) is 0 Å². The van der Waals surface area contributed by atoms with Gasteiger partial charge in [0.25, 0.3) is 5.56 Å². The summed E-state index contributed by atoms with van der Waals surface area (Å²) >= 11 is 1.47. The van der Waals surface area contributed by atoms with Gasteiger partial charge in [0.1, 0.15) is 5.01 Å². The second-order valence-electron chi connectivity index (χ2n) is 6.78. The third-order valence-electron chi connectivity index (χ3n) is 3.84. The number of aromatic nitrogens is 3. The fraction of sp³-hybridized carbons (Fsp3) is 0.389. The first-order valence-electron chi connectivity index (χ1n) is 8.10. The Kier molecular flexibility index (Phi) is 4.41. The van der Waals surface area contributed by atoms with E-state index in [-0.39, 0.29) is 11.0 Å². The molecule has 6 heteroatoms. The van der Waals surface area contributed by atoms with Crippen LogP contribution in [0.25, 0.3) is 4.96 Å². The Bertz CT molecular complexity index is 921. The molecule has 3 aromatic rings. The summed E-state index contributed by atoms with van der Waals surface area (Å²) in [6.07, 6.45) is 0.806. The fourth-order valence-corrected chi connectivity index (χ4v) is 3.46. The summed E-state index contributed by atoms with van der Waals surface area (Å²) in [5, 5.41) is 8.62. The first kappa shape index (κ1) is 16.6.